The van der Waals surface area contributed by atoms with Gasteiger partial charge in [0.25, 0.3) is 0 Å². The Hall–Kier alpha value is -2.24. The van der Waals surface area contributed by atoms with Gasteiger partial charge in [-0.15, -0.1) is 10.2 Å². The molecule has 1 atom stereocenters. The van der Waals surface area contributed by atoms with Crippen molar-refractivity contribution in [1.82, 2.24) is 24.6 Å². The maximum atomic E-state index is 12.7. The largest absolute Gasteiger partial charge is 0.333 e. The van der Waals surface area contributed by atoms with Gasteiger partial charge in [-0.25, -0.2) is 0 Å². The molecule has 23 heavy (non-hydrogen) atoms. The molecule has 0 fully saturated rings. The summed E-state index contributed by atoms with van der Waals surface area (Å²) in [4.78, 5) is 18.6. The van der Waals surface area contributed by atoms with Gasteiger partial charge >= 0.3 is 0 Å². The Kier molecular flexibility index (Phi) is 4.41. The van der Waals surface area contributed by atoms with Crippen LogP contribution in [-0.2, 0) is 17.8 Å². The lowest BCUT2D eigenvalue weighted by Gasteiger charge is -2.35. The van der Waals surface area contributed by atoms with Crippen molar-refractivity contribution in [1.29, 1.82) is 0 Å². The predicted molar refractivity (Wildman–Crippen MR) is 86.6 cm³/mol. The molecular formula is C17H23N5O. The van der Waals surface area contributed by atoms with Crippen LogP contribution < -0.4 is 0 Å². The van der Waals surface area contributed by atoms with E-state index in [-0.39, 0.29) is 11.9 Å². The van der Waals surface area contributed by atoms with Gasteiger partial charge in [-0.05, 0) is 30.9 Å². The van der Waals surface area contributed by atoms with Gasteiger partial charge < -0.3 is 9.47 Å². The Labute approximate surface area is 136 Å². The minimum atomic E-state index is 0.124. The number of fused-ring (bicyclic) bond motifs is 1. The third-order valence-corrected chi connectivity index (χ3v) is 4.24. The van der Waals surface area contributed by atoms with Crippen molar-refractivity contribution in [3.63, 3.8) is 0 Å². The van der Waals surface area contributed by atoms with E-state index in [1.54, 1.807) is 12.4 Å². The maximum Gasteiger partial charge on any atom is 0.227 e. The van der Waals surface area contributed by atoms with Crippen LogP contribution in [0.5, 0.6) is 0 Å². The molecule has 0 N–H and O–H groups in total. The van der Waals surface area contributed by atoms with Crippen LogP contribution in [-0.4, -0.2) is 37.1 Å². The first-order chi connectivity index (χ1) is 11.0. The minimum Gasteiger partial charge on any atom is -0.333 e. The molecule has 6 heteroatoms. The molecule has 0 radical (unpaired) electrons. The molecule has 1 aliphatic heterocycles. The van der Waals surface area contributed by atoms with Crippen LogP contribution in [0.3, 0.4) is 0 Å². The van der Waals surface area contributed by atoms with Crippen LogP contribution >= 0.6 is 0 Å². The molecule has 2 aromatic heterocycles. The van der Waals surface area contributed by atoms with Crippen LogP contribution in [0.15, 0.2) is 24.5 Å². The van der Waals surface area contributed by atoms with Gasteiger partial charge in [-0.1, -0.05) is 19.9 Å². The molecule has 0 saturated carbocycles. The molecule has 2 aromatic rings. The van der Waals surface area contributed by atoms with Gasteiger partial charge in [0.1, 0.15) is 5.82 Å². The molecule has 0 saturated heterocycles. The average Bonchev–Trinajstić information content (AvgIpc) is 2.89. The second-order valence-electron chi connectivity index (χ2n) is 6.63. The van der Waals surface area contributed by atoms with E-state index in [0.717, 1.165) is 30.2 Å². The molecule has 122 valence electrons. The molecule has 0 aromatic carbocycles. The van der Waals surface area contributed by atoms with E-state index in [0.29, 0.717) is 18.9 Å². The van der Waals surface area contributed by atoms with Crippen molar-refractivity contribution in [3.05, 3.63) is 41.7 Å². The summed E-state index contributed by atoms with van der Waals surface area (Å²) < 4.78 is 2.20. The zero-order chi connectivity index (χ0) is 16.4. The summed E-state index contributed by atoms with van der Waals surface area (Å²) in [6, 6.07) is 4.06. The monoisotopic (exact) mass is 313 g/mol. The fraction of sp³-hybridized carbons (Fsp3) is 0.529. The van der Waals surface area contributed by atoms with E-state index < -0.39 is 0 Å². The first kappa shape index (κ1) is 15.6. The fourth-order valence-corrected chi connectivity index (χ4v) is 3.27. The number of carbonyl (C=O) groups excluding carboxylic acids is 1. The second kappa shape index (κ2) is 6.48. The van der Waals surface area contributed by atoms with Crippen molar-refractivity contribution in [2.75, 3.05) is 6.54 Å². The average molecular weight is 313 g/mol. The van der Waals surface area contributed by atoms with E-state index >= 15 is 0 Å². The highest BCUT2D eigenvalue weighted by atomic mass is 16.2. The van der Waals surface area contributed by atoms with Crippen LogP contribution in [0.2, 0.25) is 0 Å². The van der Waals surface area contributed by atoms with Gasteiger partial charge in [0.15, 0.2) is 5.82 Å². The van der Waals surface area contributed by atoms with Gasteiger partial charge in [0.05, 0.1) is 19.0 Å². The number of aromatic nitrogens is 4. The summed E-state index contributed by atoms with van der Waals surface area (Å²) in [5.74, 6) is 2.51. The Balaban J connectivity index is 1.78. The molecule has 3 rings (SSSR count). The van der Waals surface area contributed by atoms with E-state index in [1.807, 2.05) is 24.0 Å². The van der Waals surface area contributed by atoms with Crippen molar-refractivity contribution >= 4 is 5.91 Å². The number of aryl methyl sites for hydroxylation is 1. The smallest absolute Gasteiger partial charge is 0.227 e. The van der Waals surface area contributed by atoms with Crippen molar-refractivity contribution in [2.24, 2.45) is 5.92 Å². The van der Waals surface area contributed by atoms with Gasteiger partial charge in [-0.2, -0.15) is 0 Å². The lowest BCUT2D eigenvalue weighted by molar-refractivity contribution is -0.132. The summed E-state index contributed by atoms with van der Waals surface area (Å²) in [7, 11) is 0. The zero-order valence-electron chi connectivity index (χ0n) is 13.9. The number of rotatable bonds is 4. The van der Waals surface area contributed by atoms with Crippen molar-refractivity contribution in [3.8, 4) is 0 Å². The molecule has 3 heterocycles. The Morgan fingerprint density at radius 2 is 2.22 bits per heavy atom. The summed E-state index contributed by atoms with van der Waals surface area (Å²) in [5, 5.41) is 8.46. The first-order valence-corrected chi connectivity index (χ1v) is 8.11. The molecule has 0 aliphatic carbocycles. The lowest BCUT2D eigenvalue weighted by Crippen LogP contribution is -2.42. The topological polar surface area (TPSA) is 63.9 Å². The number of carbonyl (C=O) groups is 1. The molecule has 0 spiro atoms. The second-order valence-corrected chi connectivity index (χ2v) is 6.63. The predicted octanol–water partition coefficient (Wildman–Crippen LogP) is 2.15. The molecule has 0 bridgehead atoms. The van der Waals surface area contributed by atoms with Crippen LogP contribution in [0.25, 0.3) is 0 Å². The van der Waals surface area contributed by atoms with Crippen LogP contribution in [0.4, 0.5) is 0 Å². The van der Waals surface area contributed by atoms with Crippen LogP contribution in [0, 0.1) is 12.8 Å². The Bertz CT molecular complexity index is 680. The van der Waals surface area contributed by atoms with E-state index in [1.165, 1.54) is 0 Å². The van der Waals surface area contributed by atoms with Crippen LogP contribution in [0.1, 0.15) is 43.5 Å². The van der Waals surface area contributed by atoms with E-state index in [9.17, 15) is 4.79 Å². The molecule has 1 amide bonds. The van der Waals surface area contributed by atoms with Crippen molar-refractivity contribution in [2.45, 2.75) is 46.2 Å². The van der Waals surface area contributed by atoms with Gasteiger partial charge in [0.2, 0.25) is 5.91 Å². The summed E-state index contributed by atoms with van der Waals surface area (Å²) >= 11 is 0. The van der Waals surface area contributed by atoms with Gasteiger partial charge in [0, 0.05) is 18.9 Å². The maximum absolute atomic E-state index is 12.7. The van der Waals surface area contributed by atoms with Crippen molar-refractivity contribution < 1.29 is 4.79 Å². The van der Waals surface area contributed by atoms with E-state index in [2.05, 4.69) is 33.6 Å². The zero-order valence-corrected chi connectivity index (χ0v) is 13.9. The minimum absolute atomic E-state index is 0.124. The molecular weight excluding hydrogens is 290 g/mol. The molecule has 6 nitrogen and oxygen atoms in total. The summed E-state index contributed by atoms with van der Waals surface area (Å²) in [6.07, 6.45) is 4.87. The lowest BCUT2D eigenvalue weighted by atomic mass is 10.0. The number of hydrogen-bond acceptors (Lipinski definition) is 4. The quantitative estimate of drug-likeness (QED) is 0.867. The summed E-state index contributed by atoms with van der Waals surface area (Å²) in [6.45, 7) is 7.65. The first-order valence-electron chi connectivity index (χ1n) is 8.11. The molecule has 1 aliphatic rings. The third kappa shape index (κ3) is 3.41. The fourth-order valence-electron chi connectivity index (χ4n) is 3.27. The Morgan fingerprint density at radius 3 is 2.91 bits per heavy atom. The molecule has 0 unspecified atom stereocenters. The standard InChI is InChI=1S/C17H23N5O/c1-12(2)7-15-10-21(11-16-20-19-13(3)22(15)16)17(23)8-14-5-4-6-18-9-14/h4-6,9,12,15H,7-8,10-11H2,1-3H3/t15-/m0/s1. The van der Waals surface area contributed by atoms with E-state index in [4.69, 9.17) is 0 Å². The number of hydrogen-bond donors (Lipinski definition) is 0. The highest BCUT2D eigenvalue weighted by Gasteiger charge is 2.30. The third-order valence-electron chi connectivity index (χ3n) is 4.24. The number of pyridine rings is 1. The number of amides is 1. The highest BCUT2D eigenvalue weighted by molar-refractivity contribution is 5.78. The summed E-state index contributed by atoms with van der Waals surface area (Å²) in [5.41, 5.74) is 0.945. The SMILES string of the molecule is Cc1nnc2n1[C@@H](CC(C)C)CN(C(=O)Cc1cccnc1)C2. The Morgan fingerprint density at radius 1 is 1.39 bits per heavy atom. The normalized spacial score (nSPS) is 17.4. The van der Waals surface area contributed by atoms with Gasteiger partial charge in [-0.3, -0.25) is 9.78 Å². The highest BCUT2D eigenvalue weighted by Crippen LogP contribution is 2.27. The number of nitrogens with zero attached hydrogens (tertiary/aromatic N) is 5.